The van der Waals surface area contributed by atoms with Crippen LogP contribution in [0.3, 0.4) is 0 Å². The number of hydrogen-bond acceptors (Lipinski definition) is 4. The topological polar surface area (TPSA) is 65.5 Å². The Hall–Kier alpha value is -3.19. The van der Waals surface area contributed by atoms with Gasteiger partial charge in [-0.25, -0.2) is 4.79 Å². The summed E-state index contributed by atoms with van der Waals surface area (Å²) in [4.78, 5) is 11.8. The minimum absolute atomic E-state index is 0.0275. The van der Waals surface area contributed by atoms with Gasteiger partial charge >= 0.3 is 5.63 Å². The number of para-hydroxylation sites is 1. The van der Waals surface area contributed by atoms with E-state index in [1.165, 1.54) is 0 Å². The summed E-state index contributed by atoms with van der Waals surface area (Å²) in [5, 5.41) is 0.723. The van der Waals surface area contributed by atoms with Crippen LogP contribution in [0.2, 0.25) is 0 Å². The first-order valence-corrected chi connectivity index (χ1v) is 6.66. The molecule has 4 nitrogen and oxygen atoms in total. The van der Waals surface area contributed by atoms with E-state index in [4.69, 9.17) is 14.9 Å². The number of benzene rings is 2. The van der Waals surface area contributed by atoms with Crippen LogP contribution in [0.15, 0.2) is 57.7 Å². The van der Waals surface area contributed by atoms with Crippen molar-refractivity contribution in [2.24, 2.45) is 0 Å². The van der Waals surface area contributed by atoms with E-state index in [0.717, 1.165) is 16.7 Å². The Morgan fingerprint density at radius 3 is 2.50 bits per heavy atom. The Balaban J connectivity index is 2.12. The van der Waals surface area contributed by atoms with Crippen LogP contribution in [0, 0.1) is 11.8 Å². The summed E-state index contributed by atoms with van der Waals surface area (Å²) in [6.45, 7) is 0. The normalized spacial score (nSPS) is 10.0. The maximum atomic E-state index is 11.8. The lowest BCUT2D eigenvalue weighted by Crippen LogP contribution is -2.09. The Morgan fingerprint density at radius 2 is 1.77 bits per heavy atom. The molecule has 0 aliphatic rings. The Kier molecular flexibility index (Phi) is 3.55. The second-order valence-electron chi connectivity index (χ2n) is 4.65. The van der Waals surface area contributed by atoms with Gasteiger partial charge in [-0.2, -0.15) is 0 Å². The van der Waals surface area contributed by atoms with Gasteiger partial charge in [0.2, 0.25) is 0 Å². The highest BCUT2D eigenvalue weighted by atomic mass is 16.5. The molecule has 3 aromatic rings. The van der Waals surface area contributed by atoms with Crippen molar-refractivity contribution < 1.29 is 9.15 Å². The highest BCUT2D eigenvalue weighted by Crippen LogP contribution is 2.20. The molecule has 0 saturated heterocycles. The fraction of sp³-hybridized carbons (Fsp3) is 0.0556. The third-order valence-electron chi connectivity index (χ3n) is 3.27. The SMILES string of the molecule is COc1ccc(C#Cc2c(N)c(=O)oc3ccccc23)cc1. The van der Waals surface area contributed by atoms with Crippen molar-refractivity contribution >= 4 is 16.7 Å². The number of nitrogens with two attached hydrogens (primary N) is 1. The van der Waals surface area contributed by atoms with Crippen LogP contribution in [-0.4, -0.2) is 7.11 Å². The summed E-state index contributed by atoms with van der Waals surface area (Å²) in [6, 6.07) is 14.5. The van der Waals surface area contributed by atoms with Crippen LogP contribution in [0.1, 0.15) is 11.1 Å². The lowest BCUT2D eigenvalue weighted by Gasteiger charge is -2.02. The number of methoxy groups -OCH3 is 1. The molecule has 0 amide bonds. The molecule has 2 N–H and O–H groups in total. The van der Waals surface area contributed by atoms with Crippen LogP contribution < -0.4 is 16.1 Å². The van der Waals surface area contributed by atoms with Crippen molar-refractivity contribution in [3.05, 3.63) is 70.1 Å². The van der Waals surface area contributed by atoms with E-state index in [2.05, 4.69) is 11.8 Å². The van der Waals surface area contributed by atoms with Crippen LogP contribution in [-0.2, 0) is 0 Å². The molecule has 108 valence electrons. The molecule has 0 bridgehead atoms. The number of hydrogen-bond donors (Lipinski definition) is 1. The highest BCUT2D eigenvalue weighted by molar-refractivity contribution is 5.87. The molecule has 0 spiro atoms. The van der Waals surface area contributed by atoms with Gasteiger partial charge in [0.15, 0.2) is 0 Å². The van der Waals surface area contributed by atoms with Gasteiger partial charge in [-0.3, -0.25) is 0 Å². The molecule has 0 fully saturated rings. The summed E-state index contributed by atoms with van der Waals surface area (Å²) < 4.78 is 10.3. The van der Waals surface area contributed by atoms with E-state index >= 15 is 0 Å². The Labute approximate surface area is 127 Å². The predicted octanol–water partition coefficient (Wildman–Crippen LogP) is 2.78. The van der Waals surface area contributed by atoms with Gasteiger partial charge < -0.3 is 14.9 Å². The van der Waals surface area contributed by atoms with Crippen molar-refractivity contribution in [3.8, 4) is 17.6 Å². The third-order valence-corrected chi connectivity index (χ3v) is 3.27. The highest BCUT2D eigenvalue weighted by Gasteiger charge is 2.09. The van der Waals surface area contributed by atoms with Crippen molar-refractivity contribution in [2.45, 2.75) is 0 Å². The molecule has 2 aromatic carbocycles. The average Bonchev–Trinajstić information content (AvgIpc) is 2.56. The van der Waals surface area contributed by atoms with E-state index < -0.39 is 5.63 Å². The van der Waals surface area contributed by atoms with E-state index in [0.29, 0.717) is 11.1 Å². The first-order valence-electron chi connectivity index (χ1n) is 6.66. The van der Waals surface area contributed by atoms with E-state index in [1.54, 1.807) is 19.2 Å². The minimum atomic E-state index is -0.572. The maximum absolute atomic E-state index is 11.8. The predicted molar refractivity (Wildman–Crippen MR) is 85.9 cm³/mol. The smallest absolute Gasteiger partial charge is 0.360 e. The minimum Gasteiger partial charge on any atom is -0.497 e. The molecule has 1 heterocycles. The van der Waals surface area contributed by atoms with Gasteiger partial charge in [-0.05, 0) is 36.4 Å². The summed E-state index contributed by atoms with van der Waals surface area (Å²) >= 11 is 0. The standard InChI is InChI=1S/C18H13NO3/c1-21-13-9-6-12(7-10-13)8-11-15-14-4-2-3-5-16(14)22-18(20)17(15)19/h2-7,9-10H,19H2,1H3. The molecule has 0 aliphatic carbocycles. The summed E-state index contributed by atoms with van der Waals surface area (Å²) in [7, 11) is 1.61. The number of rotatable bonds is 1. The van der Waals surface area contributed by atoms with Crippen LogP contribution in [0.5, 0.6) is 5.75 Å². The molecular formula is C18H13NO3. The number of nitrogen functional groups attached to an aromatic ring is 1. The van der Waals surface area contributed by atoms with Crippen molar-refractivity contribution in [1.29, 1.82) is 0 Å². The molecule has 0 radical (unpaired) electrons. The zero-order chi connectivity index (χ0) is 15.5. The van der Waals surface area contributed by atoms with Gasteiger partial charge in [0.25, 0.3) is 0 Å². The summed E-state index contributed by atoms with van der Waals surface area (Å²) in [6.07, 6.45) is 0. The number of ether oxygens (including phenoxy) is 1. The molecular weight excluding hydrogens is 278 g/mol. The lowest BCUT2D eigenvalue weighted by molar-refractivity contribution is 0.415. The first kappa shape index (κ1) is 13.8. The number of anilines is 1. The quantitative estimate of drug-likeness (QED) is 0.553. The van der Waals surface area contributed by atoms with Gasteiger partial charge in [0.05, 0.1) is 12.7 Å². The van der Waals surface area contributed by atoms with Crippen LogP contribution in [0.25, 0.3) is 11.0 Å². The molecule has 0 atom stereocenters. The van der Waals surface area contributed by atoms with E-state index in [1.807, 2.05) is 36.4 Å². The lowest BCUT2D eigenvalue weighted by atomic mass is 10.1. The van der Waals surface area contributed by atoms with Gasteiger partial charge in [0.1, 0.15) is 17.0 Å². The van der Waals surface area contributed by atoms with Gasteiger partial charge in [0, 0.05) is 10.9 Å². The monoisotopic (exact) mass is 291 g/mol. The van der Waals surface area contributed by atoms with Gasteiger partial charge in [-0.15, -0.1) is 0 Å². The molecule has 1 aromatic heterocycles. The Morgan fingerprint density at radius 1 is 1.05 bits per heavy atom. The first-order chi connectivity index (χ1) is 10.7. The maximum Gasteiger partial charge on any atom is 0.360 e. The largest absolute Gasteiger partial charge is 0.497 e. The molecule has 0 unspecified atom stereocenters. The van der Waals surface area contributed by atoms with Crippen molar-refractivity contribution in [1.82, 2.24) is 0 Å². The fourth-order valence-electron chi connectivity index (χ4n) is 2.11. The fourth-order valence-corrected chi connectivity index (χ4v) is 2.11. The van der Waals surface area contributed by atoms with Crippen LogP contribution in [0.4, 0.5) is 5.69 Å². The molecule has 4 heteroatoms. The average molecular weight is 291 g/mol. The molecule has 0 aliphatic heterocycles. The molecule has 0 saturated carbocycles. The van der Waals surface area contributed by atoms with E-state index in [-0.39, 0.29) is 5.69 Å². The summed E-state index contributed by atoms with van der Waals surface area (Å²) in [5.74, 6) is 6.74. The Bertz CT molecular complexity index is 944. The second kappa shape index (κ2) is 5.66. The molecule has 22 heavy (non-hydrogen) atoms. The number of fused-ring (bicyclic) bond motifs is 1. The van der Waals surface area contributed by atoms with Gasteiger partial charge in [-0.1, -0.05) is 24.0 Å². The van der Waals surface area contributed by atoms with E-state index in [9.17, 15) is 4.79 Å². The second-order valence-corrected chi connectivity index (χ2v) is 4.65. The zero-order valence-corrected chi connectivity index (χ0v) is 11.9. The van der Waals surface area contributed by atoms with Crippen LogP contribution >= 0.6 is 0 Å². The zero-order valence-electron chi connectivity index (χ0n) is 11.9. The van der Waals surface area contributed by atoms with Crippen molar-refractivity contribution in [2.75, 3.05) is 12.8 Å². The molecule has 3 rings (SSSR count). The summed E-state index contributed by atoms with van der Waals surface area (Å²) in [5.41, 5.74) is 7.05. The third kappa shape index (κ3) is 2.52. The van der Waals surface area contributed by atoms with Crippen molar-refractivity contribution in [3.63, 3.8) is 0 Å².